The molecule has 0 aromatic heterocycles. The first kappa shape index (κ1) is 20.3. The van der Waals surface area contributed by atoms with Gasteiger partial charge in [0.15, 0.2) is 23.9 Å². The minimum atomic E-state index is -5.28. The Bertz CT molecular complexity index is 833. The van der Waals surface area contributed by atoms with Gasteiger partial charge in [-0.05, 0) is 18.2 Å². The summed E-state index contributed by atoms with van der Waals surface area (Å²) in [5.41, 5.74) is -3.00. The lowest BCUT2D eigenvalue weighted by Crippen LogP contribution is -2.21. The van der Waals surface area contributed by atoms with Gasteiger partial charge in [0.25, 0.3) is 5.91 Å². The molecule has 2 aromatic carbocycles. The topological polar surface area (TPSA) is 58.6 Å². The molecule has 0 saturated carbocycles. The van der Waals surface area contributed by atoms with Crippen molar-refractivity contribution in [1.82, 2.24) is 0 Å². The SMILES string of the molecule is O=C(Nc1cc(C(F)(F)F)c(F)c(O)c1OCC(F)(F)F)c1ccccc1. The summed E-state index contributed by atoms with van der Waals surface area (Å²) in [7, 11) is 0. The number of hydrogen-bond donors (Lipinski definition) is 2. The summed E-state index contributed by atoms with van der Waals surface area (Å²) in [4.78, 5) is 12.1. The van der Waals surface area contributed by atoms with Crippen LogP contribution in [-0.2, 0) is 6.18 Å². The number of halogens is 7. The van der Waals surface area contributed by atoms with Gasteiger partial charge in [-0.1, -0.05) is 18.2 Å². The molecule has 146 valence electrons. The molecule has 0 aliphatic rings. The molecule has 0 unspecified atom stereocenters. The standard InChI is InChI=1S/C16H10F7NO3/c17-11-9(16(21,22)23)6-10(13(12(11)25)27-7-15(18,19)20)24-14(26)8-4-2-1-3-5-8/h1-6,25H,7H2,(H,24,26). The minimum Gasteiger partial charge on any atom is -0.502 e. The highest BCUT2D eigenvalue weighted by Gasteiger charge is 2.38. The highest BCUT2D eigenvalue weighted by Crippen LogP contribution is 2.44. The van der Waals surface area contributed by atoms with Crippen LogP contribution in [0.15, 0.2) is 36.4 Å². The Kier molecular flexibility index (Phi) is 5.52. The van der Waals surface area contributed by atoms with Crippen LogP contribution < -0.4 is 10.1 Å². The largest absolute Gasteiger partial charge is 0.502 e. The molecule has 0 aliphatic carbocycles. The number of anilines is 1. The molecule has 4 nitrogen and oxygen atoms in total. The second-order valence-electron chi connectivity index (χ2n) is 5.19. The van der Waals surface area contributed by atoms with Crippen molar-refractivity contribution in [2.75, 3.05) is 11.9 Å². The van der Waals surface area contributed by atoms with Gasteiger partial charge in [0.05, 0.1) is 11.3 Å². The Labute approximate surface area is 147 Å². The van der Waals surface area contributed by atoms with E-state index in [1.54, 1.807) is 6.07 Å². The van der Waals surface area contributed by atoms with Crippen LogP contribution in [0.5, 0.6) is 11.5 Å². The summed E-state index contributed by atoms with van der Waals surface area (Å²) < 4.78 is 93.7. The molecule has 1 amide bonds. The number of alkyl halides is 6. The number of carbonyl (C=O) groups is 1. The maximum Gasteiger partial charge on any atom is 0.422 e. The van der Waals surface area contributed by atoms with Crippen molar-refractivity contribution in [3.05, 3.63) is 53.3 Å². The Morgan fingerprint density at radius 1 is 1.07 bits per heavy atom. The van der Waals surface area contributed by atoms with E-state index in [1.165, 1.54) is 24.3 Å². The Morgan fingerprint density at radius 2 is 1.67 bits per heavy atom. The summed E-state index contributed by atoms with van der Waals surface area (Å²) in [5, 5.41) is 11.5. The molecule has 0 bridgehead atoms. The average Bonchev–Trinajstić information content (AvgIpc) is 2.56. The monoisotopic (exact) mass is 397 g/mol. The molecule has 0 heterocycles. The number of amides is 1. The average molecular weight is 397 g/mol. The number of hydrogen-bond acceptors (Lipinski definition) is 3. The minimum absolute atomic E-state index is 0.0433. The number of carbonyl (C=O) groups excluding carboxylic acids is 1. The molecule has 2 aromatic rings. The number of phenolic OH excluding ortho intramolecular Hbond substituents is 1. The smallest absolute Gasteiger partial charge is 0.422 e. The zero-order chi connectivity index (χ0) is 20.4. The van der Waals surface area contributed by atoms with Crippen molar-refractivity contribution in [3.63, 3.8) is 0 Å². The van der Waals surface area contributed by atoms with E-state index >= 15 is 0 Å². The van der Waals surface area contributed by atoms with Crippen LogP contribution >= 0.6 is 0 Å². The zero-order valence-corrected chi connectivity index (χ0v) is 13.1. The van der Waals surface area contributed by atoms with Crippen molar-refractivity contribution < 1.29 is 45.4 Å². The van der Waals surface area contributed by atoms with Crippen LogP contribution in [0.1, 0.15) is 15.9 Å². The predicted octanol–water partition coefficient (Wildman–Crippen LogP) is 4.74. The first-order chi connectivity index (χ1) is 12.4. The molecule has 0 fully saturated rings. The summed E-state index contributed by atoms with van der Waals surface area (Å²) in [6.07, 6.45) is -10.2. The number of phenols is 1. The Balaban J connectivity index is 2.50. The Morgan fingerprint density at radius 3 is 2.19 bits per heavy atom. The van der Waals surface area contributed by atoms with Gasteiger partial charge in [-0.25, -0.2) is 4.39 Å². The summed E-state index contributed by atoms with van der Waals surface area (Å²) in [5.74, 6) is -6.32. The van der Waals surface area contributed by atoms with E-state index in [1.807, 2.05) is 5.32 Å². The molecule has 2 rings (SSSR count). The molecule has 11 heteroatoms. The van der Waals surface area contributed by atoms with Crippen LogP contribution in [0.4, 0.5) is 36.4 Å². The molecule has 0 spiro atoms. The predicted molar refractivity (Wildman–Crippen MR) is 79.0 cm³/mol. The molecule has 0 saturated heterocycles. The van der Waals surface area contributed by atoms with Gasteiger partial charge in [0.1, 0.15) is 0 Å². The van der Waals surface area contributed by atoms with Crippen LogP contribution in [0, 0.1) is 5.82 Å². The number of nitrogens with one attached hydrogen (secondary N) is 1. The van der Waals surface area contributed by atoms with Gasteiger partial charge in [-0.3, -0.25) is 4.79 Å². The molecule has 0 radical (unpaired) electrons. The van der Waals surface area contributed by atoms with Gasteiger partial charge < -0.3 is 15.2 Å². The lowest BCUT2D eigenvalue weighted by Gasteiger charge is -2.18. The highest BCUT2D eigenvalue weighted by molar-refractivity contribution is 6.05. The summed E-state index contributed by atoms with van der Waals surface area (Å²) in [6, 6.07) is 7.00. The van der Waals surface area contributed by atoms with E-state index in [0.29, 0.717) is 0 Å². The highest BCUT2D eigenvalue weighted by atomic mass is 19.4. The lowest BCUT2D eigenvalue weighted by atomic mass is 10.1. The summed E-state index contributed by atoms with van der Waals surface area (Å²) in [6.45, 7) is -2.03. The fourth-order valence-corrected chi connectivity index (χ4v) is 2.01. The number of aromatic hydroxyl groups is 1. The van der Waals surface area contributed by atoms with Gasteiger partial charge >= 0.3 is 12.4 Å². The van der Waals surface area contributed by atoms with Gasteiger partial charge in [-0.15, -0.1) is 0 Å². The van der Waals surface area contributed by atoms with Crippen molar-refractivity contribution >= 4 is 11.6 Å². The molecular weight excluding hydrogens is 387 g/mol. The fourth-order valence-electron chi connectivity index (χ4n) is 2.01. The van der Waals surface area contributed by atoms with Crippen molar-refractivity contribution in [3.8, 4) is 11.5 Å². The van der Waals surface area contributed by atoms with Crippen LogP contribution in [0.3, 0.4) is 0 Å². The van der Waals surface area contributed by atoms with Crippen LogP contribution in [0.25, 0.3) is 0 Å². The molecule has 2 N–H and O–H groups in total. The van der Waals surface area contributed by atoms with E-state index < -0.39 is 53.4 Å². The first-order valence-corrected chi connectivity index (χ1v) is 7.08. The van der Waals surface area contributed by atoms with E-state index in [-0.39, 0.29) is 11.6 Å². The van der Waals surface area contributed by atoms with Crippen LogP contribution in [0.2, 0.25) is 0 Å². The zero-order valence-electron chi connectivity index (χ0n) is 13.1. The summed E-state index contributed by atoms with van der Waals surface area (Å²) >= 11 is 0. The van der Waals surface area contributed by atoms with E-state index in [2.05, 4.69) is 4.74 Å². The number of ether oxygens (including phenoxy) is 1. The maximum absolute atomic E-state index is 13.8. The van der Waals surface area contributed by atoms with Gasteiger partial charge in [-0.2, -0.15) is 26.3 Å². The third-order valence-electron chi connectivity index (χ3n) is 3.16. The van der Waals surface area contributed by atoms with E-state index in [9.17, 15) is 40.6 Å². The number of benzene rings is 2. The van der Waals surface area contributed by atoms with E-state index in [0.717, 1.165) is 0 Å². The Hall–Kier alpha value is -2.98. The lowest BCUT2D eigenvalue weighted by molar-refractivity contribution is -0.153. The third kappa shape index (κ3) is 5.02. The molecule has 27 heavy (non-hydrogen) atoms. The number of rotatable bonds is 4. The molecule has 0 atom stereocenters. The van der Waals surface area contributed by atoms with E-state index in [4.69, 9.17) is 0 Å². The second kappa shape index (κ2) is 7.33. The fraction of sp³-hybridized carbons (Fsp3) is 0.188. The van der Waals surface area contributed by atoms with Gasteiger partial charge in [0.2, 0.25) is 0 Å². The molecule has 0 aliphatic heterocycles. The molecular formula is C16H10F7NO3. The maximum atomic E-state index is 13.8. The van der Waals surface area contributed by atoms with Crippen molar-refractivity contribution in [2.45, 2.75) is 12.4 Å². The third-order valence-corrected chi connectivity index (χ3v) is 3.16. The van der Waals surface area contributed by atoms with Gasteiger partial charge in [0, 0.05) is 5.56 Å². The van der Waals surface area contributed by atoms with Crippen LogP contribution in [-0.4, -0.2) is 23.8 Å². The van der Waals surface area contributed by atoms with Crippen molar-refractivity contribution in [1.29, 1.82) is 0 Å². The second-order valence-corrected chi connectivity index (χ2v) is 5.19. The normalized spacial score (nSPS) is 12.0. The first-order valence-electron chi connectivity index (χ1n) is 7.08. The van der Waals surface area contributed by atoms with Crippen molar-refractivity contribution in [2.24, 2.45) is 0 Å². The quantitative estimate of drug-likeness (QED) is 0.733.